The van der Waals surface area contributed by atoms with Crippen LogP contribution in [-0.4, -0.2) is 43.3 Å². The zero-order chi connectivity index (χ0) is 13.9. The first-order valence-electron chi connectivity index (χ1n) is 7.31. The van der Waals surface area contributed by atoms with E-state index in [-0.39, 0.29) is 5.97 Å². The zero-order valence-corrected chi connectivity index (χ0v) is 11.9. The number of esters is 1. The van der Waals surface area contributed by atoms with Crippen molar-refractivity contribution in [3.8, 4) is 0 Å². The van der Waals surface area contributed by atoms with Crippen LogP contribution in [0.25, 0.3) is 0 Å². The fraction of sp³-hybridized carbons (Fsp3) is 0.562. The lowest BCUT2D eigenvalue weighted by Gasteiger charge is -2.37. The summed E-state index contributed by atoms with van der Waals surface area (Å²) in [4.78, 5) is 13.9. The molecule has 2 atom stereocenters. The van der Waals surface area contributed by atoms with E-state index in [1.807, 2.05) is 24.3 Å². The lowest BCUT2D eigenvalue weighted by Crippen LogP contribution is -2.47. The third-order valence-electron chi connectivity index (χ3n) is 4.36. The van der Waals surface area contributed by atoms with Crippen LogP contribution in [0.3, 0.4) is 0 Å². The fourth-order valence-electron chi connectivity index (χ4n) is 3.30. The molecular formula is C16H21NO3. The zero-order valence-electron chi connectivity index (χ0n) is 11.9. The molecule has 1 aliphatic heterocycles. The average molecular weight is 275 g/mol. The van der Waals surface area contributed by atoms with Crippen molar-refractivity contribution in [1.29, 1.82) is 0 Å². The smallest absolute Gasteiger partial charge is 0.337 e. The number of benzene rings is 1. The molecule has 1 aromatic rings. The number of rotatable bonds is 3. The Morgan fingerprint density at radius 1 is 1.35 bits per heavy atom. The van der Waals surface area contributed by atoms with Crippen LogP contribution >= 0.6 is 0 Å². The van der Waals surface area contributed by atoms with Crippen molar-refractivity contribution in [2.24, 2.45) is 0 Å². The summed E-state index contributed by atoms with van der Waals surface area (Å²) < 4.78 is 10.5. The van der Waals surface area contributed by atoms with E-state index in [1.54, 1.807) is 0 Å². The molecule has 108 valence electrons. The summed E-state index contributed by atoms with van der Waals surface area (Å²) >= 11 is 0. The highest BCUT2D eigenvalue weighted by Gasteiger charge is 2.35. The molecule has 0 radical (unpaired) electrons. The molecule has 4 heteroatoms. The second kappa shape index (κ2) is 5.94. The monoisotopic (exact) mass is 275 g/mol. The van der Waals surface area contributed by atoms with Crippen LogP contribution in [-0.2, 0) is 16.0 Å². The molecule has 1 saturated heterocycles. The molecule has 20 heavy (non-hydrogen) atoms. The molecule has 3 rings (SSSR count). The molecule has 0 spiro atoms. The average Bonchev–Trinajstić information content (AvgIpc) is 2.97. The maximum absolute atomic E-state index is 11.4. The molecule has 0 bridgehead atoms. The van der Waals surface area contributed by atoms with Crippen LogP contribution < -0.4 is 0 Å². The number of morpholine rings is 1. The number of fused-ring (bicyclic) bond motifs is 1. The summed E-state index contributed by atoms with van der Waals surface area (Å²) in [7, 11) is 1.41. The van der Waals surface area contributed by atoms with Crippen LogP contribution in [0.5, 0.6) is 0 Å². The lowest BCUT2D eigenvalue weighted by molar-refractivity contribution is -0.0588. The first-order valence-corrected chi connectivity index (χ1v) is 7.31. The minimum atomic E-state index is -0.279. The van der Waals surface area contributed by atoms with E-state index in [9.17, 15) is 4.79 Å². The van der Waals surface area contributed by atoms with E-state index in [1.165, 1.54) is 31.9 Å². The van der Waals surface area contributed by atoms with Gasteiger partial charge in [0.05, 0.1) is 25.4 Å². The van der Waals surface area contributed by atoms with Crippen LogP contribution in [0.1, 0.15) is 35.2 Å². The van der Waals surface area contributed by atoms with Crippen molar-refractivity contribution >= 4 is 5.97 Å². The Labute approximate surface area is 119 Å². The van der Waals surface area contributed by atoms with E-state index < -0.39 is 0 Å². The minimum Gasteiger partial charge on any atom is -0.465 e. The molecule has 1 aromatic carbocycles. The van der Waals surface area contributed by atoms with Crippen LogP contribution in [0.15, 0.2) is 24.3 Å². The lowest BCUT2D eigenvalue weighted by atomic mass is 10.1. The summed E-state index contributed by atoms with van der Waals surface area (Å²) in [5.41, 5.74) is 1.85. The minimum absolute atomic E-state index is 0.279. The van der Waals surface area contributed by atoms with Crippen molar-refractivity contribution in [3.63, 3.8) is 0 Å². The SMILES string of the molecule is COC(=O)c1ccc(CN2CCOC3CCCC32)cc1. The Morgan fingerprint density at radius 3 is 2.90 bits per heavy atom. The van der Waals surface area contributed by atoms with E-state index in [0.29, 0.717) is 17.7 Å². The summed E-state index contributed by atoms with van der Waals surface area (Å²) in [6, 6.07) is 8.29. The van der Waals surface area contributed by atoms with Crippen LogP contribution in [0.2, 0.25) is 0 Å². The second-order valence-electron chi connectivity index (χ2n) is 5.57. The summed E-state index contributed by atoms with van der Waals surface area (Å²) in [5, 5.41) is 0. The first-order chi connectivity index (χ1) is 9.78. The van der Waals surface area contributed by atoms with E-state index in [0.717, 1.165) is 19.7 Å². The molecular weight excluding hydrogens is 254 g/mol. The van der Waals surface area contributed by atoms with E-state index >= 15 is 0 Å². The van der Waals surface area contributed by atoms with Gasteiger partial charge in [0.25, 0.3) is 0 Å². The van der Waals surface area contributed by atoms with Gasteiger partial charge in [-0.3, -0.25) is 4.90 Å². The highest BCUT2D eigenvalue weighted by atomic mass is 16.5. The molecule has 1 aliphatic carbocycles. The maximum Gasteiger partial charge on any atom is 0.337 e. The van der Waals surface area contributed by atoms with Gasteiger partial charge >= 0.3 is 5.97 Å². The first kappa shape index (κ1) is 13.6. The predicted octanol–water partition coefficient (Wildman–Crippen LogP) is 2.23. The normalized spacial score (nSPS) is 26.2. The largest absolute Gasteiger partial charge is 0.465 e. The van der Waals surface area contributed by atoms with Gasteiger partial charge in [0, 0.05) is 19.1 Å². The molecule has 2 aliphatic rings. The van der Waals surface area contributed by atoms with E-state index in [2.05, 4.69) is 4.90 Å². The Morgan fingerprint density at radius 2 is 2.15 bits per heavy atom. The van der Waals surface area contributed by atoms with Gasteiger partial charge in [-0.2, -0.15) is 0 Å². The molecule has 4 nitrogen and oxygen atoms in total. The number of methoxy groups -OCH3 is 1. The molecule has 0 amide bonds. The molecule has 2 fully saturated rings. The highest BCUT2D eigenvalue weighted by Crippen LogP contribution is 2.30. The van der Waals surface area contributed by atoms with Crippen LogP contribution in [0, 0.1) is 0 Å². The molecule has 0 N–H and O–H groups in total. The van der Waals surface area contributed by atoms with Crippen molar-refractivity contribution in [2.45, 2.75) is 38.0 Å². The molecule has 1 saturated carbocycles. The maximum atomic E-state index is 11.4. The third kappa shape index (κ3) is 2.72. The standard InChI is InChI=1S/C16H21NO3/c1-19-16(18)13-7-5-12(6-8-13)11-17-9-10-20-15-4-2-3-14(15)17/h5-8,14-15H,2-4,9-11H2,1H3. The van der Waals surface area contributed by atoms with Gasteiger partial charge in [0.15, 0.2) is 0 Å². The van der Waals surface area contributed by atoms with E-state index in [4.69, 9.17) is 9.47 Å². The van der Waals surface area contributed by atoms with Crippen LogP contribution in [0.4, 0.5) is 0 Å². The second-order valence-corrected chi connectivity index (χ2v) is 5.57. The fourth-order valence-corrected chi connectivity index (χ4v) is 3.30. The summed E-state index contributed by atoms with van der Waals surface area (Å²) in [6.07, 6.45) is 4.14. The van der Waals surface area contributed by atoms with Gasteiger partial charge in [-0.05, 0) is 37.0 Å². The summed E-state index contributed by atoms with van der Waals surface area (Å²) in [5.74, 6) is -0.279. The molecule has 2 unspecified atom stereocenters. The number of hydrogen-bond donors (Lipinski definition) is 0. The van der Waals surface area contributed by atoms with Crippen molar-refractivity contribution < 1.29 is 14.3 Å². The van der Waals surface area contributed by atoms with Gasteiger partial charge in [-0.15, -0.1) is 0 Å². The topological polar surface area (TPSA) is 38.8 Å². The quantitative estimate of drug-likeness (QED) is 0.793. The molecule has 0 aromatic heterocycles. The van der Waals surface area contributed by atoms with Crippen molar-refractivity contribution in [1.82, 2.24) is 4.90 Å². The van der Waals surface area contributed by atoms with Gasteiger partial charge in [-0.1, -0.05) is 12.1 Å². The number of nitrogens with zero attached hydrogens (tertiary/aromatic N) is 1. The summed E-state index contributed by atoms with van der Waals surface area (Å²) in [6.45, 7) is 2.77. The Kier molecular flexibility index (Phi) is 4.03. The van der Waals surface area contributed by atoms with Crippen molar-refractivity contribution in [2.75, 3.05) is 20.3 Å². The Hall–Kier alpha value is -1.39. The van der Waals surface area contributed by atoms with Gasteiger partial charge in [0.2, 0.25) is 0 Å². The Bertz CT molecular complexity index is 471. The number of carbonyl (C=O) groups is 1. The Balaban J connectivity index is 1.66. The van der Waals surface area contributed by atoms with Gasteiger partial charge < -0.3 is 9.47 Å². The highest BCUT2D eigenvalue weighted by molar-refractivity contribution is 5.89. The van der Waals surface area contributed by atoms with Gasteiger partial charge in [0.1, 0.15) is 0 Å². The molecule has 1 heterocycles. The number of carbonyl (C=O) groups excluding carboxylic acids is 1. The third-order valence-corrected chi connectivity index (χ3v) is 4.36. The van der Waals surface area contributed by atoms with Crippen molar-refractivity contribution in [3.05, 3.63) is 35.4 Å². The number of ether oxygens (including phenoxy) is 2. The number of hydrogen-bond acceptors (Lipinski definition) is 4. The van der Waals surface area contributed by atoms with Gasteiger partial charge in [-0.25, -0.2) is 4.79 Å². The predicted molar refractivity (Wildman–Crippen MR) is 75.6 cm³/mol.